The number of alkyl halides is 1. The topological polar surface area (TPSA) is 20.3 Å². The highest BCUT2D eigenvalue weighted by molar-refractivity contribution is 5.94. The fraction of sp³-hybridized carbons (Fsp3) is 0.417. The second-order valence-electron chi connectivity index (χ2n) is 4.44. The molecule has 1 aromatic carbocycles. The maximum Gasteiger partial charge on any atom is 0.254 e. The summed E-state index contributed by atoms with van der Waals surface area (Å²) in [6.45, 7) is 3.90. The monoisotopic (exact) mass is 207 g/mol. The Kier molecular flexibility index (Phi) is 2.25. The van der Waals surface area contributed by atoms with Gasteiger partial charge in [0.25, 0.3) is 5.91 Å². The first-order valence-electron chi connectivity index (χ1n) is 5.03. The molecule has 15 heavy (non-hydrogen) atoms. The number of likely N-dealkylation sites (tertiary alicyclic amines) is 1. The molecule has 1 aliphatic rings. The van der Waals surface area contributed by atoms with Crippen LogP contribution in [0.4, 0.5) is 4.39 Å². The Hall–Kier alpha value is -1.38. The molecule has 1 saturated heterocycles. The van der Waals surface area contributed by atoms with E-state index in [1.165, 1.54) is 11.8 Å². The van der Waals surface area contributed by atoms with Gasteiger partial charge in [0.05, 0.1) is 13.1 Å². The van der Waals surface area contributed by atoms with Crippen molar-refractivity contribution >= 4 is 5.91 Å². The van der Waals surface area contributed by atoms with Gasteiger partial charge in [-0.1, -0.05) is 17.7 Å². The van der Waals surface area contributed by atoms with Gasteiger partial charge >= 0.3 is 0 Å². The highest BCUT2D eigenvalue weighted by Crippen LogP contribution is 2.25. The molecule has 80 valence electrons. The largest absolute Gasteiger partial charge is 0.332 e. The third kappa shape index (κ3) is 2.01. The number of amides is 1. The summed E-state index contributed by atoms with van der Waals surface area (Å²) in [4.78, 5) is 13.3. The third-order valence-corrected chi connectivity index (χ3v) is 2.63. The van der Waals surface area contributed by atoms with Crippen molar-refractivity contribution in [1.82, 2.24) is 4.90 Å². The molecule has 0 unspecified atom stereocenters. The van der Waals surface area contributed by atoms with Crippen molar-refractivity contribution in [2.24, 2.45) is 0 Å². The Morgan fingerprint density at radius 1 is 1.33 bits per heavy atom. The van der Waals surface area contributed by atoms with E-state index in [9.17, 15) is 9.18 Å². The van der Waals surface area contributed by atoms with Crippen LogP contribution in [0.5, 0.6) is 0 Å². The van der Waals surface area contributed by atoms with Crippen LogP contribution in [0.25, 0.3) is 0 Å². The van der Waals surface area contributed by atoms with Crippen molar-refractivity contribution < 1.29 is 9.18 Å². The van der Waals surface area contributed by atoms with Crippen molar-refractivity contribution in [2.75, 3.05) is 13.1 Å². The molecular weight excluding hydrogens is 193 g/mol. The number of hydrogen-bond acceptors (Lipinski definition) is 1. The van der Waals surface area contributed by atoms with Gasteiger partial charge < -0.3 is 4.90 Å². The van der Waals surface area contributed by atoms with Gasteiger partial charge in [0.2, 0.25) is 0 Å². The maximum absolute atomic E-state index is 13.2. The summed E-state index contributed by atoms with van der Waals surface area (Å²) in [6, 6.07) is 7.35. The second-order valence-corrected chi connectivity index (χ2v) is 4.44. The smallest absolute Gasteiger partial charge is 0.254 e. The van der Waals surface area contributed by atoms with Crippen LogP contribution in [0.15, 0.2) is 24.3 Å². The average molecular weight is 207 g/mol. The number of benzene rings is 1. The van der Waals surface area contributed by atoms with Crippen LogP contribution in [0.1, 0.15) is 22.8 Å². The highest BCUT2D eigenvalue weighted by Gasteiger charge is 2.41. The number of hydrogen-bond donors (Lipinski definition) is 0. The van der Waals surface area contributed by atoms with Crippen LogP contribution in [0.2, 0.25) is 0 Å². The number of aryl methyl sites for hydroxylation is 1. The van der Waals surface area contributed by atoms with Gasteiger partial charge in [-0.15, -0.1) is 0 Å². The van der Waals surface area contributed by atoms with E-state index in [1.807, 2.05) is 19.1 Å². The quantitative estimate of drug-likeness (QED) is 0.691. The van der Waals surface area contributed by atoms with Crippen LogP contribution >= 0.6 is 0 Å². The molecule has 1 heterocycles. The molecular formula is C12H14FNO. The lowest BCUT2D eigenvalue weighted by atomic mass is 9.97. The zero-order valence-electron chi connectivity index (χ0n) is 8.96. The molecule has 1 aromatic rings. The fourth-order valence-electron chi connectivity index (χ4n) is 1.77. The number of rotatable bonds is 1. The minimum atomic E-state index is -1.19. The van der Waals surface area contributed by atoms with E-state index in [0.29, 0.717) is 5.56 Å². The summed E-state index contributed by atoms with van der Waals surface area (Å²) in [6.07, 6.45) is 0. The van der Waals surface area contributed by atoms with Crippen LogP contribution < -0.4 is 0 Å². The van der Waals surface area contributed by atoms with Gasteiger partial charge in [-0.3, -0.25) is 4.79 Å². The van der Waals surface area contributed by atoms with E-state index in [2.05, 4.69) is 0 Å². The Morgan fingerprint density at radius 3 is 2.33 bits per heavy atom. The normalized spacial score (nSPS) is 18.5. The summed E-state index contributed by atoms with van der Waals surface area (Å²) >= 11 is 0. The number of halogens is 1. The molecule has 0 atom stereocenters. The first-order valence-corrected chi connectivity index (χ1v) is 5.03. The molecule has 2 nitrogen and oxygen atoms in total. The van der Waals surface area contributed by atoms with E-state index in [4.69, 9.17) is 0 Å². The van der Waals surface area contributed by atoms with Gasteiger partial charge in [-0.05, 0) is 26.0 Å². The van der Waals surface area contributed by atoms with Crippen molar-refractivity contribution in [3.63, 3.8) is 0 Å². The maximum atomic E-state index is 13.2. The summed E-state index contributed by atoms with van der Waals surface area (Å²) in [7, 11) is 0. The van der Waals surface area contributed by atoms with Crippen molar-refractivity contribution in [3.05, 3.63) is 35.4 Å². The van der Waals surface area contributed by atoms with Crippen LogP contribution in [-0.2, 0) is 0 Å². The first-order chi connectivity index (χ1) is 6.98. The zero-order chi connectivity index (χ0) is 11.1. The van der Waals surface area contributed by atoms with Gasteiger partial charge in [0.1, 0.15) is 5.67 Å². The lowest BCUT2D eigenvalue weighted by Crippen LogP contribution is -2.59. The third-order valence-electron chi connectivity index (χ3n) is 2.63. The average Bonchev–Trinajstić information content (AvgIpc) is 2.14. The van der Waals surface area contributed by atoms with Gasteiger partial charge in [0, 0.05) is 5.56 Å². The van der Waals surface area contributed by atoms with E-state index in [-0.39, 0.29) is 19.0 Å². The molecule has 1 aliphatic heterocycles. The van der Waals surface area contributed by atoms with Crippen LogP contribution in [0.3, 0.4) is 0 Å². The first kappa shape index (κ1) is 10.1. The Bertz CT molecular complexity index is 375. The number of nitrogens with zero attached hydrogens (tertiary/aromatic N) is 1. The number of carbonyl (C=O) groups excluding carboxylic acids is 1. The molecule has 0 radical (unpaired) electrons. The molecule has 0 saturated carbocycles. The van der Waals surface area contributed by atoms with Gasteiger partial charge in [-0.2, -0.15) is 0 Å². The Morgan fingerprint density at radius 2 is 1.87 bits per heavy atom. The van der Waals surface area contributed by atoms with E-state index < -0.39 is 5.67 Å². The molecule has 0 spiro atoms. The van der Waals surface area contributed by atoms with Gasteiger partial charge in [-0.25, -0.2) is 4.39 Å². The van der Waals surface area contributed by atoms with Crippen molar-refractivity contribution in [1.29, 1.82) is 0 Å². The number of carbonyl (C=O) groups is 1. The van der Waals surface area contributed by atoms with Crippen LogP contribution in [-0.4, -0.2) is 29.6 Å². The molecule has 2 rings (SSSR count). The fourth-order valence-corrected chi connectivity index (χ4v) is 1.77. The zero-order valence-corrected chi connectivity index (χ0v) is 8.96. The van der Waals surface area contributed by atoms with Gasteiger partial charge in [0.15, 0.2) is 0 Å². The van der Waals surface area contributed by atoms with E-state index >= 15 is 0 Å². The molecule has 0 bridgehead atoms. The summed E-state index contributed by atoms with van der Waals surface area (Å²) in [5.74, 6) is -0.0786. The lowest BCUT2D eigenvalue weighted by Gasteiger charge is -2.42. The highest BCUT2D eigenvalue weighted by atomic mass is 19.1. The standard InChI is InChI=1S/C12H14FNO/c1-9-3-5-10(6-4-9)11(15)14-7-12(2,13)8-14/h3-6H,7-8H2,1-2H3. The Labute approximate surface area is 88.7 Å². The molecule has 0 aliphatic carbocycles. The predicted octanol–water partition coefficient (Wildman–Crippen LogP) is 2.18. The summed E-state index contributed by atoms with van der Waals surface area (Å²) in [5, 5.41) is 0. The molecule has 0 N–H and O–H groups in total. The van der Waals surface area contributed by atoms with E-state index in [0.717, 1.165) is 5.56 Å². The Balaban J connectivity index is 2.07. The summed E-state index contributed by atoms with van der Waals surface area (Å²) < 4.78 is 13.2. The minimum Gasteiger partial charge on any atom is -0.332 e. The summed E-state index contributed by atoms with van der Waals surface area (Å²) in [5.41, 5.74) is 0.557. The lowest BCUT2D eigenvalue weighted by molar-refractivity contribution is -0.00785. The predicted molar refractivity (Wildman–Crippen MR) is 56.6 cm³/mol. The minimum absolute atomic E-state index is 0.0786. The van der Waals surface area contributed by atoms with E-state index in [1.54, 1.807) is 12.1 Å². The molecule has 1 fully saturated rings. The van der Waals surface area contributed by atoms with Crippen molar-refractivity contribution in [3.8, 4) is 0 Å². The SMILES string of the molecule is Cc1ccc(C(=O)N2CC(C)(F)C2)cc1. The molecule has 1 amide bonds. The second kappa shape index (κ2) is 3.33. The molecule has 0 aromatic heterocycles. The molecule has 3 heteroatoms. The van der Waals surface area contributed by atoms with Crippen molar-refractivity contribution in [2.45, 2.75) is 19.5 Å². The van der Waals surface area contributed by atoms with Crippen LogP contribution in [0, 0.1) is 6.92 Å².